The number of hydrogen-bond acceptors (Lipinski definition) is 9. The molecule has 8 rings (SSSR count). The molecule has 1 aromatic heterocycles. The number of rotatable bonds is 9. The zero-order valence-corrected chi connectivity index (χ0v) is 31.3. The van der Waals surface area contributed by atoms with Crippen LogP contribution in [0.1, 0.15) is 41.0 Å². The summed E-state index contributed by atoms with van der Waals surface area (Å²) in [7, 11) is 4.61. The Kier molecular flexibility index (Phi) is 8.97. The zero-order chi connectivity index (χ0) is 39.6. The molecule has 2 aliphatic carbocycles. The first-order valence-electron chi connectivity index (χ1n) is 18.3. The van der Waals surface area contributed by atoms with Gasteiger partial charge < -0.3 is 28.4 Å². The summed E-state index contributed by atoms with van der Waals surface area (Å²) in [5, 5.41) is 0.483. The largest absolute Gasteiger partial charge is 0.468 e. The van der Waals surface area contributed by atoms with E-state index >= 15 is 8.78 Å². The summed E-state index contributed by atoms with van der Waals surface area (Å²) in [6.07, 6.45) is 1.21. The second-order valence-corrected chi connectivity index (χ2v) is 14.9. The third-order valence-corrected chi connectivity index (χ3v) is 12.6. The molecule has 12 heteroatoms. The van der Waals surface area contributed by atoms with Crippen molar-refractivity contribution in [2.24, 2.45) is 16.7 Å². The van der Waals surface area contributed by atoms with Gasteiger partial charge in [0.1, 0.15) is 11.6 Å². The van der Waals surface area contributed by atoms with Crippen LogP contribution < -0.4 is 4.90 Å². The monoisotopic (exact) mass is 762 g/mol. The Morgan fingerprint density at radius 1 is 0.661 bits per heavy atom. The highest BCUT2D eigenvalue weighted by Gasteiger charge is 2.85. The van der Waals surface area contributed by atoms with Gasteiger partial charge in [0, 0.05) is 41.3 Å². The highest BCUT2D eigenvalue weighted by atomic mass is 19.1. The average molecular weight is 763 g/mol. The summed E-state index contributed by atoms with van der Waals surface area (Å²) in [5.41, 5.74) is -2.09. The van der Waals surface area contributed by atoms with Gasteiger partial charge in [0.25, 0.3) is 0 Å². The lowest BCUT2D eigenvalue weighted by atomic mass is 9.62. The number of anilines is 1. The molecule has 56 heavy (non-hydrogen) atoms. The van der Waals surface area contributed by atoms with E-state index in [2.05, 4.69) is 0 Å². The van der Waals surface area contributed by atoms with Gasteiger partial charge in [-0.1, -0.05) is 60.7 Å². The molecule has 10 nitrogen and oxygen atoms in total. The fraction of sp³-hybridized carbons (Fsp3) is 0.318. The van der Waals surface area contributed by atoms with Crippen molar-refractivity contribution >= 4 is 40.5 Å². The summed E-state index contributed by atoms with van der Waals surface area (Å²) in [6.45, 7) is 0.517. The fourth-order valence-corrected chi connectivity index (χ4v) is 10.7. The second kappa shape index (κ2) is 13.6. The number of hydrogen-bond donors (Lipinski definition) is 0. The Morgan fingerprint density at radius 3 is 1.79 bits per heavy atom. The van der Waals surface area contributed by atoms with Crippen molar-refractivity contribution in [3.05, 3.63) is 137 Å². The molecule has 0 bridgehead atoms. The Morgan fingerprint density at radius 2 is 1.20 bits per heavy atom. The number of esters is 4. The molecule has 0 N–H and O–H groups in total. The molecule has 1 aliphatic heterocycles. The second-order valence-electron chi connectivity index (χ2n) is 14.9. The molecule has 0 unspecified atom stereocenters. The molecule has 1 spiro atoms. The normalized spacial score (nSPS) is 22.5. The lowest BCUT2D eigenvalue weighted by Crippen LogP contribution is -2.58. The molecule has 2 fully saturated rings. The van der Waals surface area contributed by atoms with Crippen LogP contribution in [0.2, 0.25) is 0 Å². The van der Waals surface area contributed by atoms with E-state index in [4.69, 9.17) is 18.9 Å². The van der Waals surface area contributed by atoms with Crippen molar-refractivity contribution in [2.45, 2.75) is 43.3 Å². The van der Waals surface area contributed by atoms with Crippen LogP contribution in [0.15, 0.2) is 103 Å². The van der Waals surface area contributed by atoms with Crippen LogP contribution in [-0.2, 0) is 56.6 Å². The summed E-state index contributed by atoms with van der Waals surface area (Å²) < 4.78 is 55.2. The van der Waals surface area contributed by atoms with Crippen LogP contribution in [0.3, 0.4) is 0 Å². The van der Waals surface area contributed by atoms with Gasteiger partial charge >= 0.3 is 23.9 Å². The maximum atomic E-state index is 16.0. The first-order valence-corrected chi connectivity index (χ1v) is 18.3. The number of carbonyl (C=O) groups is 4. The van der Waals surface area contributed by atoms with E-state index in [-0.39, 0.29) is 13.0 Å². The fourth-order valence-electron chi connectivity index (χ4n) is 10.7. The minimum atomic E-state index is -2.17. The predicted molar refractivity (Wildman–Crippen MR) is 200 cm³/mol. The van der Waals surface area contributed by atoms with E-state index in [9.17, 15) is 19.2 Å². The lowest BCUT2D eigenvalue weighted by molar-refractivity contribution is -0.177. The zero-order valence-electron chi connectivity index (χ0n) is 31.3. The summed E-state index contributed by atoms with van der Waals surface area (Å²) >= 11 is 0. The minimum absolute atomic E-state index is 0.134. The number of methoxy groups -OCH3 is 4. The Labute approximate surface area is 321 Å². The van der Waals surface area contributed by atoms with Crippen molar-refractivity contribution in [1.82, 2.24) is 4.57 Å². The van der Waals surface area contributed by atoms with Gasteiger partial charge in [-0.05, 0) is 83.3 Å². The SMILES string of the molecule is COC(=O)C1(C(=O)OC)C[C@H]2C(C(=O)OC)(C(=O)OC)C[C@@H](c3cn(Cc4ccccc4)c4ccc(F)cc34)[C@]23c2cc(F)ccc2N(Cc2ccccc2)[C@H]13. The Bertz CT molecular complexity index is 2350. The topological polar surface area (TPSA) is 113 Å². The number of carbonyl (C=O) groups excluding carboxylic acids is 4. The van der Waals surface area contributed by atoms with E-state index < -0.39 is 76.1 Å². The van der Waals surface area contributed by atoms with Crippen molar-refractivity contribution in [3.8, 4) is 0 Å². The standard InChI is InChI=1S/C44H40F2N2O8/c1-53-38(49)42(39(50)54-2)21-33(31-25-47(23-26-11-7-5-8-12-26)34-17-15-28(45)19-30(31)34)44-32-20-29(46)16-18-35(32)48(24-27-13-9-6-10-14-27)37(44)43(22-36(42)44,40(51)55-3)41(52)56-4/h5-20,25,33,36-37H,21-24H2,1-4H3/t33-,36-,37+,44+/m0/s1. The molecule has 2 saturated carbocycles. The number of fused-ring (bicyclic) bond motifs is 2. The number of nitrogens with zero attached hydrogens (tertiary/aromatic N) is 2. The number of aromatic nitrogens is 1. The van der Waals surface area contributed by atoms with Crippen molar-refractivity contribution in [2.75, 3.05) is 33.3 Å². The van der Waals surface area contributed by atoms with Gasteiger partial charge in [-0.15, -0.1) is 0 Å². The van der Waals surface area contributed by atoms with Crippen molar-refractivity contribution < 1.29 is 46.9 Å². The molecular formula is C44H40F2N2O8. The summed E-state index contributed by atoms with van der Waals surface area (Å²) in [4.78, 5) is 60.2. The van der Waals surface area contributed by atoms with Crippen LogP contribution >= 0.6 is 0 Å². The van der Waals surface area contributed by atoms with Crippen molar-refractivity contribution in [3.63, 3.8) is 0 Å². The number of halogens is 2. The van der Waals surface area contributed by atoms with E-state index in [1.807, 2.05) is 76.3 Å². The number of benzene rings is 4. The van der Waals surface area contributed by atoms with E-state index in [1.165, 1.54) is 24.3 Å². The molecule has 0 amide bonds. The average Bonchev–Trinajstić information content (AvgIpc) is 3.91. The van der Waals surface area contributed by atoms with Gasteiger partial charge in [-0.2, -0.15) is 0 Å². The van der Waals surface area contributed by atoms with Crippen LogP contribution in [0.5, 0.6) is 0 Å². The molecule has 4 atom stereocenters. The van der Waals surface area contributed by atoms with Crippen LogP contribution in [-0.4, -0.2) is 62.9 Å². The Hall–Kier alpha value is -6.04. The predicted octanol–water partition coefficient (Wildman–Crippen LogP) is 6.47. The maximum absolute atomic E-state index is 16.0. The van der Waals surface area contributed by atoms with Crippen LogP contribution in [0, 0.1) is 28.4 Å². The molecule has 4 aromatic carbocycles. The first-order chi connectivity index (χ1) is 27.0. The number of ether oxygens (including phenoxy) is 4. The highest BCUT2D eigenvalue weighted by Crippen LogP contribution is 2.77. The lowest BCUT2D eigenvalue weighted by Gasteiger charge is -2.43. The van der Waals surface area contributed by atoms with E-state index in [0.717, 1.165) is 39.6 Å². The van der Waals surface area contributed by atoms with Gasteiger partial charge in [-0.3, -0.25) is 19.2 Å². The smallest absolute Gasteiger partial charge is 0.325 e. The summed E-state index contributed by atoms with van der Waals surface area (Å²) in [5.74, 6) is -7.11. The third-order valence-electron chi connectivity index (χ3n) is 12.6. The van der Waals surface area contributed by atoms with Crippen molar-refractivity contribution in [1.29, 1.82) is 0 Å². The molecule has 2 heterocycles. The maximum Gasteiger partial charge on any atom is 0.325 e. The first kappa shape index (κ1) is 36.9. The van der Waals surface area contributed by atoms with Gasteiger partial charge in [-0.25, -0.2) is 8.78 Å². The Balaban J connectivity index is 1.52. The molecule has 0 radical (unpaired) electrons. The molecule has 288 valence electrons. The van der Waals surface area contributed by atoms with Gasteiger partial charge in [0.2, 0.25) is 0 Å². The van der Waals surface area contributed by atoms with E-state index in [0.29, 0.717) is 34.3 Å². The molecule has 0 saturated heterocycles. The quantitative estimate of drug-likeness (QED) is 0.0948. The highest BCUT2D eigenvalue weighted by molar-refractivity contribution is 6.07. The molecule has 3 aliphatic rings. The van der Waals surface area contributed by atoms with Crippen LogP contribution in [0.25, 0.3) is 10.9 Å². The molecular weight excluding hydrogens is 722 g/mol. The third kappa shape index (κ3) is 4.96. The van der Waals surface area contributed by atoms with E-state index in [1.54, 1.807) is 12.1 Å². The minimum Gasteiger partial charge on any atom is -0.468 e. The summed E-state index contributed by atoms with van der Waals surface area (Å²) in [6, 6.07) is 26.4. The van der Waals surface area contributed by atoms with Gasteiger partial charge in [0.05, 0.1) is 34.5 Å². The molecule has 5 aromatic rings. The van der Waals surface area contributed by atoms with Gasteiger partial charge in [0.15, 0.2) is 10.8 Å². The van der Waals surface area contributed by atoms with Crippen LogP contribution in [0.4, 0.5) is 14.5 Å².